The number of unbranched alkanes of at least 4 members (excludes halogenated alkanes) is 1. The van der Waals surface area contributed by atoms with E-state index in [2.05, 4.69) is 6.92 Å². The number of ketones is 1. The predicted octanol–water partition coefficient (Wildman–Crippen LogP) is 5.31. The monoisotopic (exact) mass is 276 g/mol. The van der Waals surface area contributed by atoms with Crippen molar-refractivity contribution in [1.29, 1.82) is 0 Å². The van der Waals surface area contributed by atoms with Gasteiger partial charge in [-0.15, -0.1) is 0 Å². The van der Waals surface area contributed by atoms with Gasteiger partial charge >= 0.3 is 0 Å². The van der Waals surface area contributed by atoms with E-state index in [1.807, 2.05) is 0 Å². The first-order chi connectivity index (χ1) is 9.61. The van der Waals surface area contributed by atoms with Gasteiger partial charge in [0, 0.05) is 11.5 Å². The van der Waals surface area contributed by atoms with Crippen LogP contribution in [0.15, 0.2) is 18.2 Å². The first kappa shape index (κ1) is 15.2. The Morgan fingerprint density at radius 1 is 1.25 bits per heavy atom. The zero-order valence-electron chi connectivity index (χ0n) is 12.6. The Hall–Kier alpha value is -1.18. The largest absolute Gasteiger partial charge is 0.294 e. The molecule has 0 atom stereocenters. The van der Waals surface area contributed by atoms with E-state index in [9.17, 15) is 9.18 Å². The number of benzene rings is 1. The molecule has 0 heterocycles. The van der Waals surface area contributed by atoms with Crippen LogP contribution >= 0.6 is 0 Å². The molecule has 1 aromatic carbocycles. The van der Waals surface area contributed by atoms with Crippen molar-refractivity contribution >= 4 is 5.78 Å². The highest BCUT2D eigenvalue weighted by atomic mass is 19.1. The Bertz CT molecular complexity index is 458. The van der Waals surface area contributed by atoms with Gasteiger partial charge < -0.3 is 0 Å². The van der Waals surface area contributed by atoms with Crippen LogP contribution in [-0.2, 0) is 0 Å². The van der Waals surface area contributed by atoms with Gasteiger partial charge in [-0.3, -0.25) is 4.79 Å². The molecule has 20 heavy (non-hydrogen) atoms. The number of hydrogen-bond donors (Lipinski definition) is 0. The molecule has 110 valence electrons. The molecule has 0 bridgehead atoms. The summed E-state index contributed by atoms with van der Waals surface area (Å²) in [6.07, 6.45) is 8.12. The quantitative estimate of drug-likeness (QED) is 0.666. The smallest absolute Gasteiger partial charge is 0.166 e. The van der Waals surface area contributed by atoms with Gasteiger partial charge in [0.05, 0.1) is 0 Å². The maximum absolute atomic E-state index is 13.6. The summed E-state index contributed by atoms with van der Waals surface area (Å²) in [5, 5.41) is 0. The van der Waals surface area contributed by atoms with Crippen LogP contribution in [0.25, 0.3) is 0 Å². The summed E-state index contributed by atoms with van der Waals surface area (Å²) in [5.41, 5.74) is 1.15. The van der Waals surface area contributed by atoms with Crippen LogP contribution in [0, 0.1) is 24.6 Å². The summed E-state index contributed by atoms with van der Waals surface area (Å²) < 4.78 is 13.6. The second-order valence-electron chi connectivity index (χ2n) is 6.19. The highest BCUT2D eigenvalue weighted by molar-refractivity contribution is 5.97. The van der Waals surface area contributed by atoms with Crippen molar-refractivity contribution in [3.05, 3.63) is 35.1 Å². The van der Waals surface area contributed by atoms with E-state index in [0.29, 0.717) is 11.1 Å². The first-order valence-electron chi connectivity index (χ1n) is 7.92. The Labute approximate surface area is 121 Å². The van der Waals surface area contributed by atoms with Crippen molar-refractivity contribution in [3.8, 4) is 0 Å². The maximum atomic E-state index is 13.6. The second kappa shape index (κ2) is 7.01. The van der Waals surface area contributed by atoms with Crippen molar-refractivity contribution in [2.75, 3.05) is 0 Å². The van der Waals surface area contributed by atoms with Crippen molar-refractivity contribution < 1.29 is 9.18 Å². The fourth-order valence-electron chi connectivity index (χ4n) is 3.19. The summed E-state index contributed by atoms with van der Waals surface area (Å²) in [6.45, 7) is 3.95. The van der Waals surface area contributed by atoms with Gasteiger partial charge in [0.15, 0.2) is 5.78 Å². The Kier molecular flexibility index (Phi) is 5.33. The summed E-state index contributed by atoms with van der Waals surface area (Å²) in [6, 6.07) is 4.88. The lowest BCUT2D eigenvalue weighted by atomic mass is 9.77. The number of halogens is 1. The number of rotatable bonds is 5. The highest BCUT2D eigenvalue weighted by Gasteiger charge is 2.26. The number of Topliss-reactive ketones (excluding diaryl/α,β-unsaturated/α-hetero) is 1. The molecule has 1 aromatic rings. The molecular formula is C18H25FO. The third kappa shape index (κ3) is 3.68. The van der Waals surface area contributed by atoms with Gasteiger partial charge in [-0.25, -0.2) is 4.39 Å². The van der Waals surface area contributed by atoms with Gasteiger partial charge in [0.2, 0.25) is 0 Å². The van der Waals surface area contributed by atoms with Crippen LogP contribution in [0.2, 0.25) is 0 Å². The van der Waals surface area contributed by atoms with E-state index >= 15 is 0 Å². The Morgan fingerprint density at radius 3 is 2.55 bits per heavy atom. The number of hydrogen-bond acceptors (Lipinski definition) is 1. The standard InChI is InChI=1S/C18H25FO/c1-3-4-5-14-7-10-15(11-8-14)18(20)16-9-6-13(2)17(19)12-16/h6,9,12,14-15H,3-5,7-8,10-11H2,1-2H3. The van der Waals surface area contributed by atoms with E-state index in [4.69, 9.17) is 0 Å². The van der Waals surface area contributed by atoms with Crippen LogP contribution in [-0.4, -0.2) is 5.78 Å². The van der Waals surface area contributed by atoms with Crippen LogP contribution in [0.4, 0.5) is 4.39 Å². The minimum Gasteiger partial charge on any atom is -0.294 e. The first-order valence-corrected chi connectivity index (χ1v) is 7.92. The topological polar surface area (TPSA) is 17.1 Å². The molecule has 0 spiro atoms. The van der Waals surface area contributed by atoms with Crippen LogP contribution < -0.4 is 0 Å². The highest BCUT2D eigenvalue weighted by Crippen LogP contribution is 2.33. The van der Waals surface area contributed by atoms with Crippen molar-refractivity contribution in [2.24, 2.45) is 11.8 Å². The van der Waals surface area contributed by atoms with Gasteiger partial charge in [0.1, 0.15) is 5.82 Å². The Balaban J connectivity index is 1.92. The van der Waals surface area contributed by atoms with Crippen LogP contribution in [0.5, 0.6) is 0 Å². The van der Waals surface area contributed by atoms with E-state index in [-0.39, 0.29) is 17.5 Å². The molecule has 1 aliphatic rings. The van der Waals surface area contributed by atoms with Gasteiger partial charge in [-0.1, -0.05) is 38.3 Å². The third-order valence-corrected chi connectivity index (χ3v) is 4.64. The molecule has 0 aromatic heterocycles. The van der Waals surface area contributed by atoms with Crippen molar-refractivity contribution in [3.63, 3.8) is 0 Å². The number of carbonyl (C=O) groups is 1. The molecule has 1 aliphatic carbocycles. The molecule has 0 saturated heterocycles. The summed E-state index contributed by atoms with van der Waals surface area (Å²) in [4.78, 5) is 12.4. The van der Waals surface area contributed by atoms with E-state index in [0.717, 1.165) is 31.6 Å². The zero-order valence-corrected chi connectivity index (χ0v) is 12.6. The van der Waals surface area contributed by atoms with Gasteiger partial charge in [-0.05, 0) is 50.2 Å². The lowest BCUT2D eigenvalue weighted by Crippen LogP contribution is -2.22. The molecule has 0 aliphatic heterocycles. The lowest BCUT2D eigenvalue weighted by Gasteiger charge is -2.27. The molecule has 0 amide bonds. The minimum absolute atomic E-state index is 0.106. The predicted molar refractivity (Wildman–Crippen MR) is 80.4 cm³/mol. The third-order valence-electron chi connectivity index (χ3n) is 4.64. The van der Waals surface area contributed by atoms with Crippen molar-refractivity contribution in [2.45, 2.75) is 58.8 Å². The number of carbonyl (C=O) groups excluding carboxylic acids is 1. The van der Waals surface area contributed by atoms with Crippen LogP contribution in [0.1, 0.15) is 67.8 Å². The van der Waals surface area contributed by atoms with Crippen molar-refractivity contribution in [1.82, 2.24) is 0 Å². The minimum atomic E-state index is -0.271. The van der Waals surface area contributed by atoms with E-state index < -0.39 is 0 Å². The zero-order chi connectivity index (χ0) is 14.5. The maximum Gasteiger partial charge on any atom is 0.166 e. The summed E-state index contributed by atoms with van der Waals surface area (Å²) in [7, 11) is 0. The van der Waals surface area contributed by atoms with E-state index in [1.54, 1.807) is 19.1 Å². The molecule has 2 heteroatoms. The molecule has 0 unspecified atom stereocenters. The number of aryl methyl sites for hydroxylation is 1. The van der Waals surface area contributed by atoms with Gasteiger partial charge in [0.25, 0.3) is 0 Å². The molecule has 1 fully saturated rings. The SMILES string of the molecule is CCCCC1CCC(C(=O)c2ccc(C)c(F)c2)CC1. The fraction of sp³-hybridized carbons (Fsp3) is 0.611. The summed E-state index contributed by atoms with van der Waals surface area (Å²) in [5.74, 6) is 0.772. The molecular weight excluding hydrogens is 251 g/mol. The molecule has 1 nitrogen and oxygen atoms in total. The normalized spacial score (nSPS) is 22.8. The molecule has 0 radical (unpaired) electrons. The Morgan fingerprint density at radius 2 is 1.95 bits per heavy atom. The molecule has 0 N–H and O–H groups in total. The van der Waals surface area contributed by atoms with Crippen LogP contribution in [0.3, 0.4) is 0 Å². The average Bonchev–Trinajstić information content (AvgIpc) is 2.48. The average molecular weight is 276 g/mol. The van der Waals surface area contributed by atoms with Gasteiger partial charge in [-0.2, -0.15) is 0 Å². The molecule has 2 rings (SSSR count). The molecule has 1 saturated carbocycles. The lowest BCUT2D eigenvalue weighted by molar-refractivity contribution is 0.0869. The fourth-order valence-corrected chi connectivity index (χ4v) is 3.19. The van der Waals surface area contributed by atoms with E-state index in [1.165, 1.54) is 25.3 Å². The second-order valence-corrected chi connectivity index (χ2v) is 6.19. The summed E-state index contributed by atoms with van der Waals surface area (Å²) >= 11 is 0.